The molecule has 1 saturated heterocycles. The molecule has 88 valence electrons. The summed E-state index contributed by atoms with van der Waals surface area (Å²) in [4.78, 5) is 10.5. The van der Waals surface area contributed by atoms with E-state index in [-0.39, 0.29) is 0 Å². The minimum Gasteiger partial charge on any atom is -0.368 e. The van der Waals surface area contributed by atoms with E-state index in [2.05, 4.69) is 44.6 Å². The van der Waals surface area contributed by atoms with Gasteiger partial charge in [0.1, 0.15) is 5.82 Å². The van der Waals surface area contributed by atoms with Crippen LogP contribution in [-0.2, 0) is 0 Å². The van der Waals surface area contributed by atoms with Crippen LogP contribution in [0, 0.1) is 5.41 Å². The van der Waals surface area contributed by atoms with Gasteiger partial charge in [0.05, 0.1) is 4.47 Å². The highest BCUT2D eigenvalue weighted by molar-refractivity contribution is 9.10. The molecule has 0 radical (unpaired) electrons. The van der Waals surface area contributed by atoms with Crippen LogP contribution in [0.5, 0.6) is 0 Å². The average Bonchev–Trinajstić information content (AvgIpc) is 2.22. The van der Waals surface area contributed by atoms with Crippen LogP contribution >= 0.6 is 15.9 Å². The van der Waals surface area contributed by atoms with Crippen molar-refractivity contribution < 1.29 is 0 Å². The normalized spacial score (nSPS) is 19.8. The van der Waals surface area contributed by atoms with Gasteiger partial charge >= 0.3 is 0 Å². The van der Waals surface area contributed by atoms with E-state index in [1.807, 2.05) is 0 Å². The Morgan fingerprint density at radius 1 is 1.38 bits per heavy atom. The fraction of sp³-hybridized carbons (Fsp3) is 0.636. The standard InChI is InChI=1S/C11H17BrN4/c1-11(2)3-5-16(6-4-11)9-8(12)7-14-10(13)15-9/h7H,3-6H2,1-2H3,(H2,13,14,15). The van der Waals surface area contributed by atoms with E-state index in [0.717, 1.165) is 23.4 Å². The molecule has 0 atom stereocenters. The van der Waals surface area contributed by atoms with Gasteiger partial charge in [0.15, 0.2) is 0 Å². The highest BCUT2D eigenvalue weighted by atomic mass is 79.9. The molecule has 0 amide bonds. The number of halogens is 1. The first-order valence-corrected chi connectivity index (χ1v) is 6.30. The molecule has 0 aromatic carbocycles. The van der Waals surface area contributed by atoms with Crippen molar-refractivity contribution in [2.45, 2.75) is 26.7 Å². The number of aromatic nitrogens is 2. The number of nitrogens with zero attached hydrogens (tertiary/aromatic N) is 3. The second-order valence-electron chi connectivity index (χ2n) is 5.05. The first-order valence-electron chi connectivity index (χ1n) is 5.51. The van der Waals surface area contributed by atoms with Crippen molar-refractivity contribution in [3.05, 3.63) is 10.7 Å². The molecule has 5 heteroatoms. The molecule has 2 N–H and O–H groups in total. The molecular formula is C11H17BrN4. The molecule has 2 heterocycles. The molecule has 2 rings (SSSR count). The Morgan fingerprint density at radius 2 is 2.00 bits per heavy atom. The Bertz CT molecular complexity index is 382. The van der Waals surface area contributed by atoms with E-state index in [9.17, 15) is 0 Å². The lowest BCUT2D eigenvalue weighted by molar-refractivity contribution is 0.279. The van der Waals surface area contributed by atoms with Gasteiger partial charge in [-0.1, -0.05) is 13.8 Å². The number of nitrogen functional groups attached to an aromatic ring is 1. The van der Waals surface area contributed by atoms with Gasteiger partial charge in [0.25, 0.3) is 0 Å². The van der Waals surface area contributed by atoms with Crippen molar-refractivity contribution in [3.8, 4) is 0 Å². The molecule has 1 aromatic rings. The zero-order valence-electron chi connectivity index (χ0n) is 9.70. The van der Waals surface area contributed by atoms with Gasteiger partial charge in [-0.25, -0.2) is 4.98 Å². The van der Waals surface area contributed by atoms with Crippen LogP contribution in [0.2, 0.25) is 0 Å². The lowest BCUT2D eigenvalue weighted by atomic mass is 9.83. The van der Waals surface area contributed by atoms with Gasteiger partial charge in [-0.3, -0.25) is 0 Å². The van der Waals surface area contributed by atoms with E-state index in [4.69, 9.17) is 5.73 Å². The third-order valence-electron chi connectivity index (χ3n) is 3.16. The van der Waals surface area contributed by atoms with Crippen molar-refractivity contribution in [1.29, 1.82) is 0 Å². The lowest BCUT2D eigenvalue weighted by Gasteiger charge is -2.37. The Kier molecular flexibility index (Phi) is 3.06. The fourth-order valence-electron chi connectivity index (χ4n) is 1.92. The van der Waals surface area contributed by atoms with Crippen molar-refractivity contribution in [3.63, 3.8) is 0 Å². The fourth-order valence-corrected chi connectivity index (χ4v) is 2.36. The Labute approximate surface area is 104 Å². The zero-order chi connectivity index (χ0) is 11.8. The van der Waals surface area contributed by atoms with E-state index in [1.165, 1.54) is 12.8 Å². The van der Waals surface area contributed by atoms with Gasteiger partial charge in [-0.05, 0) is 34.2 Å². The number of hydrogen-bond donors (Lipinski definition) is 1. The predicted molar refractivity (Wildman–Crippen MR) is 69.4 cm³/mol. The largest absolute Gasteiger partial charge is 0.368 e. The maximum Gasteiger partial charge on any atom is 0.222 e. The van der Waals surface area contributed by atoms with Crippen molar-refractivity contribution in [2.24, 2.45) is 5.41 Å². The second-order valence-corrected chi connectivity index (χ2v) is 5.91. The van der Waals surface area contributed by atoms with Crippen LogP contribution < -0.4 is 10.6 Å². The molecule has 1 aromatic heterocycles. The lowest BCUT2D eigenvalue weighted by Crippen LogP contribution is -2.38. The summed E-state index contributed by atoms with van der Waals surface area (Å²) in [5.74, 6) is 1.26. The van der Waals surface area contributed by atoms with Gasteiger partial charge in [-0.15, -0.1) is 0 Å². The quantitative estimate of drug-likeness (QED) is 0.861. The SMILES string of the molecule is CC1(C)CCN(c2nc(N)ncc2Br)CC1. The monoisotopic (exact) mass is 284 g/mol. The summed E-state index contributed by atoms with van der Waals surface area (Å²) in [5.41, 5.74) is 6.06. The molecule has 1 aliphatic heterocycles. The summed E-state index contributed by atoms with van der Waals surface area (Å²) >= 11 is 3.47. The van der Waals surface area contributed by atoms with E-state index < -0.39 is 0 Å². The highest BCUT2D eigenvalue weighted by Crippen LogP contribution is 2.33. The molecular weight excluding hydrogens is 268 g/mol. The molecule has 0 saturated carbocycles. The van der Waals surface area contributed by atoms with Crippen molar-refractivity contribution in [2.75, 3.05) is 23.7 Å². The van der Waals surface area contributed by atoms with Crippen LogP contribution in [0.15, 0.2) is 10.7 Å². The van der Waals surface area contributed by atoms with Crippen LogP contribution in [0.4, 0.5) is 11.8 Å². The first kappa shape index (κ1) is 11.6. The first-order chi connectivity index (χ1) is 7.48. The van der Waals surface area contributed by atoms with Crippen LogP contribution in [-0.4, -0.2) is 23.1 Å². The topological polar surface area (TPSA) is 55.0 Å². The number of anilines is 2. The Morgan fingerprint density at radius 3 is 2.62 bits per heavy atom. The van der Waals surface area contributed by atoms with E-state index in [0.29, 0.717) is 11.4 Å². The molecule has 0 bridgehead atoms. The van der Waals surface area contributed by atoms with Gasteiger partial charge < -0.3 is 10.6 Å². The smallest absolute Gasteiger partial charge is 0.222 e. The minimum atomic E-state index is 0.336. The summed E-state index contributed by atoms with van der Waals surface area (Å²) in [6, 6.07) is 0. The van der Waals surface area contributed by atoms with Crippen molar-refractivity contribution in [1.82, 2.24) is 9.97 Å². The summed E-state index contributed by atoms with van der Waals surface area (Å²) in [6.45, 7) is 6.69. The summed E-state index contributed by atoms with van der Waals surface area (Å²) < 4.78 is 0.918. The third kappa shape index (κ3) is 2.45. The molecule has 0 aliphatic carbocycles. The molecule has 1 fully saturated rings. The number of nitrogens with two attached hydrogens (primary N) is 1. The number of rotatable bonds is 1. The predicted octanol–water partition coefficient (Wildman–Crippen LogP) is 2.45. The van der Waals surface area contributed by atoms with Crippen LogP contribution in [0.3, 0.4) is 0 Å². The summed E-state index contributed by atoms with van der Waals surface area (Å²) in [7, 11) is 0. The summed E-state index contributed by atoms with van der Waals surface area (Å²) in [6.07, 6.45) is 4.09. The van der Waals surface area contributed by atoms with Gasteiger partial charge in [-0.2, -0.15) is 4.98 Å². The van der Waals surface area contributed by atoms with Gasteiger partial charge in [0, 0.05) is 19.3 Å². The van der Waals surface area contributed by atoms with Crippen LogP contribution in [0.1, 0.15) is 26.7 Å². The maximum absolute atomic E-state index is 5.62. The molecule has 0 spiro atoms. The number of hydrogen-bond acceptors (Lipinski definition) is 4. The van der Waals surface area contributed by atoms with Crippen LogP contribution in [0.25, 0.3) is 0 Å². The minimum absolute atomic E-state index is 0.336. The third-order valence-corrected chi connectivity index (χ3v) is 3.72. The zero-order valence-corrected chi connectivity index (χ0v) is 11.3. The maximum atomic E-state index is 5.62. The Hall–Kier alpha value is -0.840. The molecule has 1 aliphatic rings. The molecule has 4 nitrogen and oxygen atoms in total. The van der Waals surface area contributed by atoms with E-state index in [1.54, 1.807) is 6.20 Å². The molecule has 16 heavy (non-hydrogen) atoms. The summed E-state index contributed by atoms with van der Waals surface area (Å²) in [5, 5.41) is 0. The van der Waals surface area contributed by atoms with Gasteiger partial charge in [0.2, 0.25) is 5.95 Å². The molecule has 0 unspecified atom stereocenters. The number of piperidine rings is 1. The second kappa shape index (κ2) is 4.20. The Balaban J connectivity index is 2.17. The highest BCUT2D eigenvalue weighted by Gasteiger charge is 2.26. The van der Waals surface area contributed by atoms with Crippen molar-refractivity contribution >= 4 is 27.7 Å². The average molecular weight is 285 g/mol. The van der Waals surface area contributed by atoms with E-state index >= 15 is 0 Å².